The van der Waals surface area contributed by atoms with Gasteiger partial charge in [0.15, 0.2) is 0 Å². The fourth-order valence-corrected chi connectivity index (χ4v) is 7.10. The molecule has 214 valence electrons. The molecule has 0 fully saturated rings. The third-order valence-electron chi connectivity index (χ3n) is 9.14. The normalized spacial score (nSPS) is 11.5. The number of hydrogen-bond donors (Lipinski definition) is 0. The van der Waals surface area contributed by atoms with Gasteiger partial charge in [0.05, 0.1) is 39.4 Å². The van der Waals surface area contributed by atoms with Crippen molar-refractivity contribution >= 4 is 43.6 Å². The van der Waals surface area contributed by atoms with Gasteiger partial charge in [0.1, 0.15) is 0 Å². The molecule has 0 N–H and O–H groups in total. The lowest BCUT2D eigenvalue weighted by molar-refractivity contribution is 1.17. The summed E-state index contributed by atoms with van der Waals surface area (Å²) in [5, 5.41) is 14.7. The Morgan fingerprint density at radius 2 is 0.891 bits per heavy atom. The average molecular weight is 586 g/mol. The smallest absolute Gasteiger partial charge is 0.0991 e. The molecule has 0 bridgehead atoms. The quantitative estimate of drug-likeness (QED) is 0.202. The van der Waals surface area contributed by atoms with Crippen molar-refractivity contribution in [2.45, 2.75) is 0 Å². The van der Waals surface area contributed by atoms with E-state index in [1.54, 1.807) is 0 Å². The molecule has 0 saturated heterocycles. The molecule has 0 spiro atoms. The molecule has 9 rings (SSSR count). The molecule has 0 aliphatic carbocycles. The average Bonchev–Trinajstić information content (AvgIpc) is 3.65. The molecular formula is C43H27N3. The molecule has 0 aliphatic rings. The molecule has 0 atom stereocenters. The van der Waals surface area contributed by atoms with Crippen LogP contribution in [0.5, 0.6) is 0 Å². The van der Waals surface area contributed by atoms with E-state index < -0.39 is 0 Å². The van der Waals surface area contributed by atoms with Crippen LogP contribution in [-0.2, 0) is 0 Å². The van der Waals surface area contributed by atoms with Crippen LogP contribution in [0.3, 0.4) is 0 Å². The fraction of sp³-hybridized carbons (Fsp3) is 0. The Balaban J connectivity index is 1.30. The number of hydrogen-bond acceptors (Lipinski definition) is 1. The minimum atomic E-state index is 0.647. The van der Waals surface area contributed by atoms with Gasteiger partial charge in [-0.15, -0.1) is 0 Å². The van der Waals surface area contributed by atoms with E-state index in [2.05, 4.69) is 161 Å². The Morgan fingerprint density at radius 3 is 1.48 bits per heavy atom. The maximum atomic E-state index is 9.72. The second-order valence-electron chi connectivity index (χ2n) is 11.7. The lowest BCUT2D eigenvalue weighted by atomic mass is 9.96. The Kier molecular flexibility index (Phi) is 5.88. The van der Waals surface area contributed by atoms with Gasteiger partial charge >= 0.3 is 0 Å². The molecular weight excluding hydrogens is 558 g/mol. The minimum absolute atomic E-state index is 0.647. The number of rotatable bonds is 4. The molecule has 9 aromatic rings. The van der Waals surface area contributed by atoms with E-state index in [1.165, 1.54) is 32.6 Å². The van der Waals surface area contributed by atoms with Crippen molar-refractivity contribution in [3.8, 4) is 39.7 Å². The first kappa shape index (κ1) is 26.1. The summed E-state index contributed by atoms with van der Waals surface area (Å²) in [7, 11) is 0. The third-order valence-corrected chi connectivity index (χ3v) is 9.14. The lowest BCUT2D eigenvalue weighted by Crippen LogP contribution is -1.99. The van der Waals surface area contributed by atoms with Crippen LogP contribution in [0, 0.1) is 11.3 Å². The van der Waals surface area contributed by atoms with Gasteiger partial charge in [0, 0.05) is 32.8 Å². The minimum Gasteiger partial charge on any atom is -0.309 e. The summed E-state index contributed by atoms with van der Waals surface area (Å²) in [6.45, 7) is 0. The first-order chi connectivity index (χ1) is 22.8. The number of nitriles is 1. The standard InChI is InChI=1S/C43H27N3/c44-28-29-11-9-13-32(25-29)34-24-23-31(27-43(34)46-41-21-7-3-17-37(41)38-18-4-8-22-42(38)46)30-12-10-14-33(26-30)45-39-19-5-1-15-35(39)36-16-2-6-20-40(36)45/h1-27H. The molecule has 2 heterocycles. The van der Waals surface area contributed by atoms with Crippen molar-refractivity contribution in [1.29, 1.82) is 5.26 Å². The zero-order valence-corrected chi connectivity index (χ0v) is 24.9. The topological polar surface area (TPSA) is 33.6 Å². The van der Waals surface area contributed by atoms with Gasteiger partial charge in [0.25, 0.3) is 0 Å². The van der Waals surface area contributed by atoms with Crippen LogP contribution in [0.15, 0.2) is 164 Å². The number of nitrogens with zero attached hydrogens (tertiary/aromatic N) is 3. The van der Waals surface area contributed by atoms with Crippen LogP contribution in [0.2, 0.25) is 0 Å². The highest BCUT2D eigenvalue weighted by atomic mass is 15.0. The number of fused-ring (bicyclic) bond motifs is 6. The molecule has 0 aliphatic heterocycles. The van der Waals surface area contributed by atoms with Crippen molar-refractivity contribution in [2.75, 3.05) is 0 Å². The Hall–Kier alpha value is -6.37. The van der Waals surface area contributed by atoms with Gasteiger partial charge in [-0.1, -0.05) is 109 Å². The van der Waals surface area contributed by atoms with Gasteiger partial charge < -0.3 is 9.13 Å². The van der Waals surface area contributed by atoms with Crippen molar-refractivity contribution in [1.82, 2.24) is 9.13 Å². The second kappa shape index (κ2) is 10.4. The van der Waals surface area contributed by atoms with Gasteiger partial charge in [-0.3, -0.25) is 0 Å². The summed E-state index contributed by atoms with van der Waals surface area (Å²) in [4.78, 5) is 0. The predicted molar refractivity (Wildman–Crippen MR) is 191 cm³/mol. The van der Waals surface area contributed by atoms with E-state index in [0.29, 0.717) is 5.56 Å². The van der Waals surface area contributed by atoms with Gasteiger partial charge in [-0.25, -0.2) is 0 Å². The summed E-state index contributed by atoms with van der Waals surface area (Å²) >= 11 is 0. The van der Waals surface area contributed by atoms with Crippen LogP contribution in [0.25, 0.3) is 77.2 Å². The maximum Gasteiger partial charge on any atom is 0.0991 e. The summed E-state index contributed by atoms with van der Waals surface area (Å²) in [5.41, 5.74) is 11.9. The number of aromatic nitrogens is 2. The highest BCUT2D eigenvalue weighted by molar-refractivity contribution is 6.10. The summed E-state index contributed by atoms with van der Waals surface area (Å²) < 4.78 is 4.74. The zero-order chi connectivity index (χ0) is 30.6. The van der Waals surface area contributed by atoms with Gasteiger partial charge in [0.2, 0.25) is 0 Å². The maximum absolute atomic E-state index is 9.72. The zero-order valence-electron chi connectivity index (χ0n) is 24.9. The Bertz CT molecular complexity index is 2560. The highest BCUT2D eigenvalue weighted by Gasteiger charge is 2.18. The lowest BCUT2D eigenvalue weighted by Gasteiger charge is -2.17. The van der Waals surface area contributed by atoms with Crippen molar-refractivity contribution < 1.29 is 0 Å². The first-order valence-electron chi connectivity index (χ1n) is 15.5. The molecule has 3 heteroatoms. The molecule has 2 aromatic heterocycles. The summed E-state index contributed by atoms with van der Waals surface area (Å²) in [5.74, 6) is 0. The van der Waals surface area contributed by atoms with Crippen LogP contribution < -0.4 is 0 Å². The molecule has 46 heavy (non-hydrogen) atoms. The number of para-hydroxylation sites is 4. The molecule has 3 nitrogen and oxygen atoms in total. The molecule has 0 saturated carbocycles. The van der Waals surface area contributed by atoms with E-state index in [0.717, 1.165) is 44.7 Å². The van der Waals surface area contributed by atoms with E-state index in [4.69, 9.17) is 0 Å². The van der Waals surface area contributed by atoms with E-state index in [9.17, 15) is 5.26 Å². The van der Waals surface area contributed by atoms with E-state index in [1.807, 2.05) is 18.2 Å². The molecule has 0 unspecified atom stereocenters. The molecule has 0 radical (unpaired) electrons. The summed E-state index contributed by atoms with van der Waals surface area (Å²) in [6, 6.07) is 60.2. The van der Waals surface area contributed by atoms with E-state index in [-0.39, 0.29) is 0 Å². The van der Waals surface area contributed by atoms with Crippen molar-refractivity contribution in [3.05, 3.63) is 169 Å². The number of benzene rings is 7. The van der Waals surface area contributed by atoms with Gasteiger partial charge in [-0.05, 0) is 71.3 Å². The van der Waals surface area contributed by atoms with Crippen LogP contribution in [0.4, 0.5) is 0 Å². The van der Waals surface area contributed by atoms with E-state index >= 15 is 0 Å². The van der Waals surface area contributed by atoms with Gasteiger partial charge in [-0.2, -0.15) is 5.26 Å². The first-order valence-corrected chi connectivity index (χ1v) is 15.5. The van der Waals surface area contributed by atoms with Crippen LogP contribution in [-0.4, -0.2) is 9.13 Å². The Labute approximate surface area is 266 Å². The molecule has 0 amide bonds. The van der Waals surface area contributed by atoms with Crippen LogP contribution in [0.1, 0.15) is 5.56 Å². The van der Waals surface area contributed by atoms with Crippen LogP contribution >= 0.6 is 0 Å². The largest absolute Gasteiger partial charge is 0.309 e. The van der Waals surface area contributed by atoms with Crippen molar-refractivity contribution in [3.63, 3.8) is 0 Å². The highest BCUT2D eigenvalue weighted by Crippen LogP contribution is 2.39. The Morgan fingerprint density at radius 1 is 0.391 bits per heavy atom. The fourth-order valence-electron chi connectivity index (χ4n) is 7.10. The molecule has 7 aromatic carbocycles. The van der Waals surface area contributed by atoms with Crippen molar-refractivity contribution in [2.24, 2.45) is 0 Å². The SMILES string of the molecule is N#Cc1cccc(-c2ccc(-c3cccc(-n4c5ccccc5c5ccccc54)c3)cc2-n2c3ccccc3c3ccccc32)c1. The third kappa shape index (κ3) is 3.98. The monoisotopic (exact) mass is 585 g/mol. The predicted octanol–water partition coefficient (Wildman–Crippen LogP) is 11.1. The second-order valence-corrected chi connectivity index (χ2v) is 11.7. The summed E-state index contributed by atoms with van der Waals surface area (Å²) in [6.07, 6.45) is 0.